The lowest BCUT2D eigenvalue weighted by molar-refractivity contribution is -0.151. The lowest BCUT2D eigenvalue weighted by atomic mass is 9.88. The molecule has 330 valence electrons. The van der Waals surface area contributed by atoms with E-state index >= 15 is 19.2 Å². The van der Waals surface area contributed by atoms with Gasteiger partial charge in [0.1, 0.15) is 16.1 Å². The number of amides is 4. The van der Waals surface area contributed by atoms with Crippen molar-refractivity contribution in [2.45, 2.75) is 139 Å². The van der Waals surface area contributed by atoms with Gasteiger partial charge in [-0.1, -0.05) is 179 Å². The van der Waals surface area contributed by atoms with Gasteiger partial charge in [0.2, 0.25) is 0 Å². The minimum absolute atomic E-state index is 0.165. The molecule has 4 heterocycles. The molecule has 0 saturated carbocycles. The van der Waals surface area contributed by atoms with Crippen molar-refractivity contribution in [1.29, 1.82) is 0 Å². The van der Waals surface area contributed by atoms with Gasteiger partial charge in [-0.15, -0.1) is 11.1 Å². The Bertz CT molecular complexity index is 2790. The largest absolute Gasteiger partial charge is 0.319 e. The number of rotatable bonds is 6. The van der Waals surface area contributed by atoms with Crippen LogP contribution in [0.5, 0.6) is 0 Å². The second-order valence-electron chi connectivity index (χ2n) is 20.2. The van der Waals surface area contributed by atoms with E-state index in [1.54, 1.807) is 0 Å². The van der Waals surface area contributed by atoms with Crippen molar-refractivity contribution in [3.05, 3.63) is 82.2 Å². The first kappa shape index (κ1) is 44.4. The minimum atomic E-state index is -2.48. The van der Waals surface area contributed by atoms with Crippen LogP contribution in [-0.2, 0) is 19.2 Å². The van der Waals surface area contributed by atoms with Crippen molar-refractivity contribution in [3.8, 4) is 22.9 Å². The van der Waals surface area contributed by atoms with Crippen molar-refractivity contribution in [2.75, 3.05) is 9.80 Å². The normalized spacial score (nSPS) is 23.5. The summed E-state index contributed by atoms with van der Waals surface area (Å²) in [6, 6.07) is 17.9. The van der Waals surface area contributed by atoms with Gasteiger partial charge in [-0.3, -0.25) is 38.8 Å². The molecule has 0 radical (unpaired) electrons. The number of carbonyl (C=O) groups excluding carboxylic acids is 4. The fourth-order valence-electron chi connectivity index (χ4n) is 12.8. The average molecular weight is 928 g/mol. The van der Waals surface area contributed by atoms with Gasteiger partial charge >= 0.3 is 23.6 Å². The number of anilines is 2. The quantitative estimate of drug-likeness (QED) is 0.0483. The molecule has 0 aromatic heterocycles. The first-order chi connectivity index (χ1) is 30.1. The summed E-state index contributed by atoms with van der Waals surface area (Å²) in [5, 5.41) is 0.278. The minimum Gasteiger partial charge on any atom is -0.284 e. The highest BCUT2D eigenvalue weighted by Gasteiger charge is 2.83. The third kappa shape index (κ3) is 5.43. The lowest BCUT2D eigenvalue weighted by Crippen LogP contribution is -2.82. The zero-order valence-electron chi connectivity index (χ0n) is 38.7. The molecule has 4 atom stereocenters. The van der Waals surface area contributed by atoms with E-state index in [2.05, 4.69) is 118 Å². The number of carbonyl (C=O) groups is 4. The van der Waals surface area contributed by atoms with Crippen LogP contribution < -0.4 is 20.2 Å². The summed E-state index contributed by atoms with van der Waals surface area (Å²) in [5.41, 5.74) is 10.6. The van der Waals surface area contributed by atoms with E-state index in [9.17, 15) is 0 Å². The van der Waals surface area contributed by atoms with Crippen LogP contribution >= 0.6 is 23.2 Å². The van der Waals surface area contributed by atoms with E-state index < -0.39 is 62.1 Å². The molecule has 4 amide bonds. The van der Waals surface area contributed by atoms with Crippen LogP contribution in [-0.4, -0.2) is 71.9 Å². The lowest BCUT2D eigenvalue weighted by Gasteiger charge is -2.62. The second-order valence-corrected chi connectivity index (χ2v) is 32.4. The van der Waals surface area contributed by atoms with Gasteiger partial charge in [0.05, 0.1) is 34.6 Å². The Kier molecular flexibility index (Phi) is 10.3. The standard InChI is InChI=1S/C52H56Cl2N4O4Si2/c1-29(2)63(30(3)4,31(5)6)23-21-39-41-25-35-17-13-14-18-36(35)26-42(41)40(22-24-64(32(7)8,33(9)10)34(11)12)46-45(39)57-49(61)47(59)55-43-27-37-19-15-16-20-38(37)28-44(43)56-48(60)50(62)58(46)52(56,54)51(55,57)53/h13-20,25-34,43-44H,1-12H3/t43?,44?,51-,52-/m1/s1. The van der Waals surface area contributed by atoms with E-state index in [-0.39, 0.29) is 44.6 Å². The summed E-state index contributed by atoms with van der Waals surface area (Å²) in [6.45, 7) is 26.9. The van der Waals surface area contributed by atoms with Crippen LogP contribution in [0.2, 0.25) is 33.2 Å². The van der Waals surface area contributed by atoms with Crippen LogP contribution in [0.25, 0.3) is 33.7 Å². The molecule has 2 unspecified atom stereocenters. The maximum atomic E-state index is 15.3. The van der Waals surface area contributed by atoms with E-state index in [1.165, 1.54) is 19.6 Å². The number of hydrogen-bond donors (Lipinski definition) is 0. The Balaban J connectivity index is 1.52. The third-order valence-electron chi connectivity index (χ3n) is 15.6. The highest BCUT2D eigenvalue weighted by Crippen LogP contribution is 2.65. The fraction of sp³-hybridized carbons (Fsp3) is 0.423. The molecule has 8 nitrogen and oxygen atoms in total. The first-order valence-electron chi connectivity index (χ1n) is 22.7. The Hall–Kier alpha value is -4.85. The molecule has 12 heteroatoms. The van der Waals surface area contributed by atoms with Gasteiger partial charge in [0, 0.05) is 10.8 Å². The van der Waals surface area contributed by atoms with Crippen LogP contribution in [0.3, 0.4) is 0 Å². The number of halogens is 2. The van der Waals surface area contributed by atoms with E-state index in [1.807, 2.05) is 60.7 Å². The van der Waals surface area contributed by atoms with Crippen LogP contribution in [0.4, 0.5) is 11.4 Å². The Morgan fingerprint density at radius 2 is 0.812 bits per heavy atom. The van der Waals surface area contributed by atoms with Crippen LogP contribution in [0.1, 0.15) is 94.2 Å². The van der Waals surface area contributed by atoms with Crippen molar-refractivity contribution >= 4 is 108 Å². The molecule has 0 spiro atoms. The summed E-state index contributed by atoms with van der Waals surface area (Å²) in [7, 11) is -4.96. The molecular formula is C52H56Cl2N4O4Si2. The Morgan fingerprint density at radius 1 is 0.500 bits per heavy atom. The fourth-order valence-corrected chi connectivity index (χ4v) is 24.3. The predicted molar refractivity (Wildman–Crippen MR) is 265 cm³/mol. The Labute approximate surface area is 388 Å². The maximum Gasteiger partial charge on any atom is 0.319 e. The first-order valence-corrected chi connectivity index (χ1v) is 28.0. The summed E-state index contributed by atoms with van der Waals surface area (Å²) >= 11 is 16.2. The van der Waals surface area contributed by atoms with Gasteiger partial charge in [0.15, 0.2) is 0 Å². The van der Waals surface area contributed by atoms with Gasteiger partial charge in [-0.25, -0.2) is 0 Å². The summed E-state index contributed by atoms with van der Waals surface area (Å²) in [4.78, 5) is 65.8. The van der Waals surface area contributed by atoms with Crippen molar-refractivity contribution in [3.63, 3.8) is 0 Å². The molecular weight excluding hydrogens is 872 g/mol. The van der Waals surface area contributed by atoms with Gasteiger partial charge in [-0.2, -0.15) is 0 Å². The number of benzene rings is 4. The molecule has 9 rings (SSSR count). The smallest absolute Gasteiger partial charge is 0.284 e. The van der Waals surface area contributed by atoms with Crippen LogP contribution in [0.15, 0.2) is 60.7 Å². The molecule has 64 heavy (non-hydrogen) atoms. The van der Waals surface area contributed by atoms with Crippen molar-refractivity contribution in [1.82, 2.24) is 9.80 Å². The summed E-state index contributed by atoms with van der Waals surface area (Å²) in [5.74, 6) is 3.80. The number of hydrogen-bond acceptors (Lipinski definition) is 4. The highest BCUT2D eigenvalue weighted by atomic mass is 35.5. The number of piperazine rings is 1. The van der Waals surface area contributed by atoms with Crippen LogP contribution in [0, 0.1) is 22.9 Å². The Morgan fingerprint density at radius 3 is 1.12 bits per heavy atom. The zero-order chi connectivity index (χ0) is 46.3. The SMILES string of the molecule is CC(C)[Si](C#Cc1c2c(c(C#C[Si](C(C)C)(C(C)C)C(C)C)c3cc4ccccc4cc13)N1C(=O)C(=O)N3C4C=c5ccccc5=CC4N4C(=O)C(=O)N2[C@@]4(Cl)[C@]13Cl)(C(C)C)C(C)C. The number of fused-ring (bicyclic) bond motifs is 9. The van der Waals surface area contributed by atoms with Crippen molar-refractivity contribution in [2.24, 2.45) is 0 Å². The zero-order valence-corrected chi connectivity index (χ0v) is 42.2. The topological polar surface area (TPSA) is 81.2 Å². The number of nitrogens with zero attached hydrogens (tertiary/aromatic N) is 4. The molecule has 0 bridgehead atoms. The molecule has 4 aliphatic heterocycles. The van der Waals surface area contributed by atoms with Gasteiger partial charge in [0.25, 0.3) is 10.2 Å². The third-order valence-corrected chi connectivity index (χ3v) is 29.5. The average Bonchev–Trinajstić information content (AvgIpc) is 3.57. The molecule has 3 fully saturated rings. The highest BCUT2D eigenvalue weighted by molar-refractivity contribution is 6.91. The molecule has 4 aromatic carbocycles. The molecule has 4 aromatic rings. The monoisotopic (exact) mass is 926 g/mol. The second kappa shape index (κ2) is 14.8. The summed E-state index contributed by atoms with van der Waals surface area (Å²) in [6.07, 6.45) is 3.69. The van der Waals surface area contributed by atoms with Gasteiger partial charge < -0.3 is 0 Å². The van der Waals surface area contributed by atoms with E-state index in [0.29, 0.717) is 21.9 Å². The molecule has 0 N–H and O–H groups in total. The van der Waals surface area contributed by atoms with E-state index in [4.69, 9.17) is 23.2 Å². The maximum absolute atomic E-state index is 15.3. The number of alkyl halides is 2. The molecule has 5 aliphatic rings. The van der Waals surface area contributed by atoms with E-state index in [0.717, 1.165) is 21.2 Å². The molecule has 3 saturated heterocycles. The van der Waals surface area contributed by atoms with Crippen molar-refractivity contribution < 1.29 is 19.2 Å². The summed E-state index contributed by atoms with van der Waals surface area (Å²) < 4.78 is 0. The van der Waals surface area contributed by atoms with Gasteiger partial charge in [-0.05, 0) is 66.6 Å². The molecule has 1 aliphatic carbocycles. The predicted octanol–water partition coefficient (Wildman–Crippen LogP) is 9.31.